The van der Waals surface area contributed by atoms with E-state index in [2.05, 4.69) is 69.9 Å². The Hall–Kier alpha value is -4.30. The summed E-state index contributed by atoms with van der Waals surface area (Å²) >= 11 is 0. The van der Waals surface area contributed by atoms with Crippen LogP contribution in [0.2, 0.25) is 0 Å². The molecule has 1 atom stereocenters. The second-order valence-corrected chi connectivity index (χ2v) is 13.1. The summed E-state index contributed by atoms with van der Waals surface area (Å²) in [5, 5.41) is 7.95. The highest BCUT2D eigenvalue weighted by atomic mass is 16.2. The van der Waals surface area contributed by atoms with Crippen LogP contribution in [0.5, 0.6) is 0 Å². The van der Waals surface area contributed by atoms with E-state index in [1.807, 2.05) is 24.0 Å². The van der Waals surface area contributed by atoms with E-state index in [-0.39, 0.29) is 24.1 Å². The molecule has 0 radical (unpaired) electrons. The summed E-state index contributed by atoms with van der Waals surface area (Å²) in [7, 11) is 1.99. The van der Waals surface area contributed by atoms with Crippen molar-refractivity contribution >= 4 is 28.6 Å². The molecule has 2 saturated heterocycles. The molecule has 0 aliphatic carbocycles. The zero-order chi connectivity index (χ0) is 30.9. The molecule has 3 aliphatic heterocycles. The van der Waals surface area contributed by atoms with Crippen molar-refractivity contribution in [3.63, 3.8) is 0 Å². The predicted molar refractivity (Wildman–Crippen MR) is 174 cm³/mol. The van der Waals surface area contributed by atoms with Crippen LogP contribution in [0.1, 0.15) is 82.6 Å². The number of hydrogen-bond acceptors (Lipinski definition) is 5. The molecule has 4 aromatic rings. The molecule has 1 N–H and O–H groups in total. The first-order valence-corrected chi connectivity index (χ1v) is 16.4. The van der Waals surface area contributed by atoms with Crippen LogP contribution in [0.4, 0.5) is 0 Å². The van der Waals surface area contributed by atoms with Crippen LogP contribution in [0.3, 0.4) is 0 Å². The first kappa shape index (κ1) is 29.4. The first-order chi connectivity index (χ1) is 21.9. The maximum Gasteiger partial charge on any atom is 0.255 e. The van der Waals surface area contributed by atoms with Gasteiger partial charge in [-0.3, -0.25) is 29.3 Å². The van der Waals surface area contributed by atoms with Gasteiger partial charge in [0, 0.05) is 37.5 Å². The van der Waals surface area contributed by atoms with Gasteiger partial charge >= 0.3 is 0 Å². The Balaban J connectivity index is 0.861. The third-order valence-corrected chi connectivity index (χ3v) is 10.0. The highest BCUT2D eigenvalue weighted by Crippen LogP contribution is 2.34. The number of aryl methyl sites for hydroxylation is 3. The van der Waals surface area contributed by atoms with Crippen LogP contribution in [0.15, 0.2) is 66.9 Å². The van der Waals surface area contributed by atoms with E-state index >= 15 is 0 Å². The summed E-state index contributed by atoms with van der Waals surface area (Å²) in [6.45, 7) is 3.51. The van der Waals surface area contributed by atoms with Gasteiger partial charge in [0.2, 0.25) is 11.8 Å². The molecule has 1 aromatic heterocycles. The van der Waals surface area contributed by atoms with Crippen molar-refractivity contribution in [3.05, 3.63) is 100 Å². The second kappa shape index (κ2) is 12.6. The lowest BCUT2D eigenvalue weighted by Crippen LogP contribution is -2.52. The van der Waals surface area contributed by atoms with E-state index in [9.17, 15) is 14.4 Å². The van der Waals surface area contributed by atoms with Crippen LogP contribution >= 0.6 is 0 Å². The Morgan fingerprint density at radius 2 is 1.58 bits per heavy atom. The van der Waals surface area contributed by atoms with Crippen molar-refractivity contribution in [1.82, 2.24) is 24.9 Å². The fraction of sp³-hybridized carbons (Fsp3) is 0.405. The Bertz CT molecular complexity index is 1730. The SMILES string of the molecule is Cn1ncc2cc(CCCCc3ccc(CN4CCC(c5ccc6c(c5)CN(C5CCC(=O)NC5=O)C6=O)CC4)cc3)ccc21. The lowest BCUT2D eigenvalue weighted by molar-refractivity contribution is -0.136. The number of aromatic nitrogens is 2. The average Bonchev–Trinajstić information content (AvgIpc) is 3.58. The fourth-order valence-electron chi connectivity index (χ4n) is 7.37. The highest BCUT2D eigenvalue weighted by Gasteiger charge is 2.39. The zero-order valence-electron chi connectivity index (χ0n) is 26.0. The molecule has 3 amide bonds. The van der Waals surface area contributed by atoms with Crippen molar-refractivity contribution in [2.45, 2.75) is 76.4 Å². The Morgan fingerprint density at radius 1 is 0.844 bits per heavy atom. The molecule has 1 unspecified atom stereocenters. The minimum absolute atomic E-state index is 0.106. The third kappa shape index (κ3) is 6.29. The minimum Gasteiger partial charge on any atom is -0.322 e. The number of nitrogens with one attached hydrogen (secondary N) is 1. The van der Waals surface area contributed by atoms with Gasteiger partial charge in [-0.2, -0.15) is 5.10 Å². The summed E-state index contributed by atoms with van der Waals surface area (Å²) in [6.07, 6.45) is 9.37. The summed E-state index contributed by atoms with van der Waals surface area (Å²) in [4.78, 5) is 41.2. The van der Waals surface area contributed by atoms with E-state index in [0.717, 1.165) is 50.9 Å². The van der Waals surface area contributed by atoms with Gasteiger partial charge in [-0.05, 0) is 110 Å². The number of hydrogen-bond donors (Lipinski definition) is 1. The van der Waals surface area contributed by atoms with Gasteiger partial charge in [0.15, 0.2) is 0 Å². The molecule has 8 heteroatoms. The molecule has 0 saturated carbocycles. The number of carbonyl (C=O) groups is 3. The van der Waals surface area contributed by atoms with Crippen molar-refractivity contribution in [3.8, 4) is 0 Å². The molecular formula is C37H41N5O3. The summed E-state index contributed by atoms with van der Waals surface area (Å²) < 4.78 is 1.92. The lowest BCUT2D eigenvalue weighted by atomic mass is 9.87. The molecule has 4 heterocycles. The summed E-state index contributed by atoms with van der Waals surface area (Å²) in [6, 6.07) is 21.5. The summed E-state index contributed by atoms with van der Waals surface area (Å²) in [5.41, 5.74) is 8.31. The maximum absolute atomic E-state index is 13.1. The number of unbranched alkanes of at least 4 members (excludes halogenated alkanes) is 1. The average molecular weight is 604 g/mol. The number of piperidine rings is 2. The van der Waals surface area contributed by atoms with E-state index in [4.69, 9.17) is 0 Å². The Labute approximate surface area is 264 Å². The molecule has 2 fully saturated rings. The largest absolute Gasteiger partial charge is 0.322 e. The molecule has 3 aliphatic rings. The summed E-state index contributed by atoms with van der Waals surface area (Å²) in [5.74, 6) is -0.254. The normalized spacial score (nSPS) is 19.4. The number of fused-ring (bicyclic) bond motifs is 2. The second-order valence-electron chi connectivity index (χ2n) is 13.1. The molecular weight excluding hydrogens is 562 g/mol. The van der Waals surface area contributed by atoms with Crippen molar-refractivity contribution < 1.29 is 14.4 Å². The van der Waals surface area contributed by atoms with Gasteiger partial charge in [-0.1, -0.05) is 42.5 Å². The molecule has 8 nitrogen and oxygen atoms in total. The van der Waals surface area contributed by atoms with E-state index in [1.54, 1.807) is 4.90 Å². The van der Waals surface area contributed by atoms with Gasteiger partial charge < -0.3 is 4.90 Å². The number of benzene rings is 3. The highest BCUT2D eigenvalue weighted by molar-refractivity contribution is 6.05. The Kier molecular flexibility index (Phi) is 8.23. The molecule has 45 heavy (non-hydrogen) atoms. The lowest BCUT2D eigenvalue weighted by Gasteiger charge is -2.32. The maximum atomic E-state index is 13.1. The van der Waals surface area contributed by atoms with Crippen LogP contribution in [0, 0.1) is 0 Å². The first-order valence-electron chi connectivity index (χ1n) is 16.4. The monoisotopic (exact) mass is 603 g/mol. The standard InChI is InChI=1S/C37H41N5O3/c1-40-33-13-10-26(20-30(33)22-38-40)5-3-2-4-25-6-8-27(9-7-25)23-41-18-16-28(17-19-41)29-11-12-32-31(21-29)24-42(37(32)45)34-14-15-35(43)39-36(34)44/h6-13,20-22,28,34H,2-5,14-19,23-24H2,1H3,(H,39,43,44). The van der Waals surface area contributed by atoms with Crippen molar-refractivity contribution in [2.24, 2.45) is 7.05 Å². The molecule has 232 valence electrons. The van der Waals surface area contributed by atoms with E-state index in [0.29, 0.717) is 24.4 Å². The van der Waals surface area contributed by atoms with Crippen molar-refractivity contribution in [2.75, 3.05) is 13.1 Å². The van der Waals surface area contributed by atoms with Gasteiger partial charge in [-0.15, -0.1) is 0 Å². The van der Waals surface area contributed by atoms with Crippen LogP contribution in [-0.4, -0.2) is 56.4 Å². The quantitative estimate of drug-likeness (QED) is 0.208. The minimum atomic E-state index is -0.567. The number of nitrogens with zero attached hydrogens (tertiary/aromatic N) is 4. The number of imide groups is 1. The Morgan fingerprint density at radius 3 is 2.36 bits per heavy atom. The number of rotatable bonds is 9. The molecule has 3 aromatic carbocycles. The predicted octanol–water partition coefficient (Wildman–Crippen LogP) is 5.28. The zero-order valence-corrected chi connectivity index (χ0v) is 26.0. The van der Waals surface area contributed by atoms with Crippen LogP contribution in [0.25, 0.3) is 10.9 Å². The smallest absolute Gasteiger partial charge is 0.255 e. The topological polar surface area (TPSA) is 87.5 Å². The van der Waals surface area contributed by atoms with Crippen molar-refractivity contribution in [1.29, 1.82) is 0 Å². The van der Waals surface area contributed by atoms with Crippen LogP contribution in [-0.2, 0) is 42.6 Å². The number of amides is 3. The molecule has 0 spiro atoms. The van der Waals surface area contributed by atoms with Gasteiger partial charge in [0.1, 0.15) is 6.04 Å². The number of likely N-dealkylation sites (tertiary alicyclic amines) is 1. The van der Waals surface area contributed by atoms with Gasteiger partial charge in [-0.25, -0.2) is 0 Å². The third-order valence-electron chi connectivity index (χ3n) is 10.0. The van der Waals surface area contributed by atoms with E-state index in [1.165, 1.54) is 46.0 Å². The van der Waals surface area contributed by atoms with Gasteiger partial charge in [0.25, 0.3) is 5.91 Å². The fourth-order valence-corrected chi connectivity index (χ4v) is 7.37. The molecule has 7 rings (SSSR count). The van der Waals surface area contributed by atoms with E-state index < -0.39 is 6.04 Å². The van der Waals surface area contributed by atoms with Gasteiger partial charge in [0.05, 0.1) is 11.7 Å². The molecule has 0 bridgehead atoms. The number of carbonyl (C=O) groups excluding carboxylic acids is 3. The van der Waals surface area contributed by atoms with Crippen LogP contribution < -0.4 is 5.32 Å².